The standard InChI is InChI=1S/C10H17F3N2O2/c1-16-7-5-15(4-2-3-14)6-8-17-9-10(11,12)13/h2,4-9H2,1H3. The third-order valence-corrected chi connectivity index (χ3v) is 1.97. The van der Waals surface area contributed by atoms with E-state index < -0.39 is 12.8 Å². The minimum absolute atomic E-state index is 0.00530. The zero-order valence-electron chi connectivity index (χ0n) is 9.79. The molecule has 0 bridgehead atoms. The third kappa shape index (κ3) is 11.4. The fourth-order valence-electron chi connectivity index (χ4n) is 1.15. The summed E-state index contributed by atoms with van der Waals surface area (Å²) in [5.74, 6) is 0. The molecule has 0 aromatic carbocycles. The van der Waals surface area contributed by atoms with Gasteiger partial charge < -0.3 is 9.47 Å². The first-order valence-corrected chi connectivity index (χ1v) is 5.22. The van der Waals surface area contributed by atoms with Crippen molar-refractivity contribution in [3.63, 3.8) is 0 Å². The van der Waals surface area contributed by atoms with Crippen molar-refractivity contribution in [2.75, 3.05) is 46.6 Å². The summed E-state index contributed by atoms with van der Waals surface area (Å²) in [6.07, 6.45) is -3.95. The second-order valence-corrected chi connectivity index (χ2v) is 3.41. The Morgan fingerprint density at radius 2 is 1.82 bits per heavy atom. The largest absolute Gasteiger partial charge is 0.411 e. The van der Waals surface area contributed by atoms with Gasteiger partial charge in [-0.05, 0) is 0 Å². The Labute approximate surface area is 98.9 Å². The van der Waals surface area contributed by atoms with Crippen molar-refractivity contribution < 1.29 is 22.6 Å². The molecule has 0 unspecified atom stereocenters. The van der Waals surface area contributed by atoms with E-state index in [4.69, 9.17) is 10.00 Å². The van der Waals surface area contributed by atoms with Crippen LogP contribution in [0.25, 0.3) is 0 Å². The van der Waals surface area contributed by atoms with Crippen LogP contribution in [0.4, 0.5) is 13.2 Å². The SMILES string of the molecule is COCCN(CCC#N)CCOCC(F)(F)F. The molecule has 0 aliphatic rings. The van der Waals surface area contributed by atoms with Crippen LogP contribution in [-0.2, 0) is 9.47 Å². The highest BCUT2D eigenvalue weighted by Crippen LogP contribution is 2.14. The van der Waals surface area contributed by atoms with Crippen molar-refractivity contribution >= 4 is 0 Å². The van der Waals surface area contributed by atoms with E-state index in [1.165, 1.54) is 0 Å². The quantitative estimate of drug-likeness (QED) is 0.584. The number of hydrogen-bond acceptors (Lipinski definition) is 4. The van der Waals surface area contributed by atoms with Gasteiger partial charge in [0.2, 0.25) is 0 Å². The number of halogens is 3. The van der Waals surface area contributed by atoms with Gasteiger partial charge in [0.05, 0.1) is 19.3 Å². The number of nitriles is 1. The Kier molecular flexibility index (Phi) is 8.76. The van der Waals surface area contributed by atoms with Gasteiger partial charge in [-0.3, -0.25) is 4.90 Å². The molecule has 0 radical (unpaired) electrons. The van der Waals surface area contributed by atoms with Crippen LogP contribution in [0, 0.1) is 11.3 Å². The molecule has 0 rings (SSSR count). The molecule has 0 aliphatic heterocycles. The summed E-state index contributed by atoms with van der Waals surface area (Å²) in [6, 6.07) is 1.99. The van der Waals surface area contributed by atoms with E-state index in [0.29, 0.717) is 32.7 Å². The minimum atomic E-state index is -4.29. The molecule has 0 aliphatic carbocycles. The van der Waals surface area contributed by atoms with Gasteiger partial charge in [0.15, 0.2) is 0 Å². The fourth-order valence-corrected chi connectivity index (χ4v) is 1.15. The summed E-state index contributed by atoms with van der Waals surface area (Å²) in [5.41, 5.74) is 0. The van der Waals surface area contributed by atoms with E-state index >= 15 is 0 Å². The van der Waals surface area contributed by atoms with Crippen molar-refractivity contribution in [2.45, 2.75) is 12.6 Å². The molecule has 0 N–H and O–H groups in total. The Balaban J connectivity index is 3.71. The van der Waals surface area contributed by atoms with Gasteiger partial charge in [0, 0.05) is 33.2 Å². The van der Waals surface area contributed by atoms with Gasteiger partial charge >= 0.3 is 6.18 Å². The summed E-state index contributed by atoms with van der Waals surface area (Å²) in [5, 5.41) is 8.43. The summed E-state index contributed by atoms with van der Waals surface area (Å²) in [6.45, 7) is 0.687. The zero-order chi connectivity index (χ0) is 13.1. The van der Waals surface area contributed by atoms with Gasteiger partial charge in [0.1, 0.15) is 6.61 Å². The van der Waals surface area contributed by atoms with Crippen LogP contribution in [0.5, 0.6) is 0 Å². The van der Waals surface area contributed by atoms with E-state index in [0.717, 1.165) is 0 Å². The topological polar surface area (TPSA) is 45.5 Å². The van der Waals surface area contributed by atoms with Crippen LogP contribution >= 0.6 is 0 Å². The maximum absolute atomic E-state index is 11.8. The van der Waals surface area contributed by atoms with Crippen molar-refractivity contribution in [3.8, 4) is 6.07 Å². The predicted octanol–water partition coefficient (Wildman–Crippen LogP) is 1.43. The molecule has 0 saturated carbocycles. The van der Waals surface area contributed by atoms with Crippen LogP contribution in [0.1, 0.15) is 6.42 Å². The fraction of sp³-hybridized carbons (Fsp3) is 0.900. The van der Waals surface area contributed by atoms with Crippen LogP contribution < -0.4 is 0 Å². The van der Waals surface area contributed by atoms with E-state index in [1.807, 2.05) is 11.0 Å². The Morgan fingerprint density at radius 1 is 1.18 bits per heavy atom. The predicted molar refractivity (Wildman–Crippen MR) is 55.4 cm³/mol. The summed E-state index contributed by atoms with van der Waals surface area (Å²) < 4.78 is 44.7. The lowest BCUT2D eigenvalue weighted by molar-refractivity contribution is -0.174. The monoisotopic (exact) mass is 254 g/mol. The maximum atomic E-state index is 11.8. The highest BCUT2D eigenvalue weighted by atomic mass is 19.4. The molecule has 0 aromatic rings. The highest BCUT2D eigenvalue weighted by molar-refractivity contribution is 4.72. The van der Waals surface area contributed by atoms with Crippen LogP contribution in [-0.4, -0.2) is 57.6 Å². The lowest BCUT2D eigenvalue weighted by Gasteiger charge is -2.20. The van der Waals surface area contributed by atoms with E-state index in [-0.39, 0.29) is 6.61 Å². The van der Waals surface area contributed by atoms with Crippen LogP contribution in [0.2, 0.25) is 0 Å². The van der Waals surface area contributed by atoms with Gasteiger partial charge in [-0.15, -0.1) is 0 Å². The summed E-state index contributed by atoms with van der Waals surface area (Å²) in [4.78, 5) is 1.84. The van der Waals surface area contributed by atoms with Gasteiger partial charge in [-0.1, -0.05) is 0 Å². The first-order valence-electron chi connectivity index (χ1n) is 5.22. The minimum Gasteiger partial charge on any atom is -0.383 e. The molecule has 0 aromatic heterocycles. The third-order valence-electron chi connectivity index (χ3n) is 1.97. The number of ether oxygens (including phenoxy) is 2. The highest BCUT2D eigenvalue weighted by Gasteiger charge is 2.27. The lowest BCUT2D eigenvalue weighted by Crippen LogP contribution is -2.32. The van der Waals surface area contributed by atoms with Crippen molar-refractivity contribution in [2.24, 2.45) is 0 Å². The Morgan fingerprint density at radius 3 is 2.35 bits per heavy atom. The Bertz CT molecular complexity index is 229. The maximum Gasteiger partial charge on any atom is 0.411 e. The smallest absolute Gasteiger partial charge is 0.383 e. The normalized spacial score (nSPS) is 11.8. The molecule has 0 heterocycles. The molecule has 0 atom stereocenters. The first-order chi connectivity index (χ1) is 7.99. The van der Waals surface area contributed by atoms with E-state index in [9.17, 15) is 13.2 Å². The van der Waals surface area contributed by atoms with E-state index in [1.54, 1.807) is 7.11 Å². The molecule has 0 amide bonds. The zero-order valence-corrected chi connectivity index (χ0v) is 9.79. The van der Waals surface area contributed by atoms with Crippen molar-refractivity contribution in [1.29, 1.82) is 5.26 Å². The number of methoxy groups -OCH3 is 1. The molecule has 0 saturated heterocycles. The number of alkyl halides is 3. The molecule has 17 heavy (non-hydrogen) atoms. The summed E-state index contributed by atoms with van der Waals surface area (Å²) >= 11 is 0. The Hall–Kier alpha value is -0.840. The average molecular weight is 254 g/mol. The van der Waals surface area contributed by atoms with Crippen LogP contribution in [0.3, 0.4) is 0 Å². The first kappa shape index (κ1) is 16.2. The van der Waals surface area contributed by atoms with Gasteiger partial charge in [-0.25, -0.2) is 0 Å². The molecule has 4 nitrogen and oxygen atoms in total. The summed E-state index contributed by atoms with van der Waals surface area (Å²) in [7, 11) is 1.54. The van der Waals surface area contributed by atoms with Crippen molar-refractivity contribution in [3.05, 3.63) is 0 Å². The number of nitrogens with zero attached hydrogens (tertiary/aromatic N) is 2. The average Bonchev–Trinajstić information content (AvgIpc) is 2.25. The second kappa shape index (κ2) is 9.22. The molecular weight excluding hydrogens is 237 g/mol. The number of rotatable bonds is 9. The second-order valence-electron chi connectivity index (χ2n) is 3.41. The molecule has 7 heteroatoms. The van der Waals surface area contributed by atoms with Crippen molar-refractivity contribution in [1.82, 2.24) is 4.90 Å². The lowest BCUT2D eigenvalue weighted by atomic mass is 10.4. The van der Waals surface area contributed by atoms with Gasteiger partial charge in [0.25, 0.3) is 0 Å². The molecule has 0 fully saturated rings. The molecular formula is C10H17F3N2O2. The molecule has 0 spiro atoms. The van der Waals surface area contributed by atoms with Crippen LogP contribution in [0.15, 0.2) is 0 Å². The molecule has 100 valence electrons. The van der Waals surface area contributed by atoms with E-state index in [2.05, 4.69) is 4.74 Å². The number of hydrogen-bond donors (Lipinski definition) is 0. The van der Waals surface area contributed by atoms with Gasteiger partial charge in [-0.2, -0.15) is 18.4 Å².